The first kappa shape index (κ1) is 21.2. The molecule has 1 aliphatic heterocycles. The van der Waals surface area contributed by atoms with Gasteiger partial charge in [-0.1, -0.05) is 29.5 Å². The number of rotatable bonds is 11. The zero-order chi connectivity index (χ0) is 19.8. The van der Waals surface area contributed by atoms with Crippen molar-refractivity contribution >= 4 is 34.4 Å². The summed E-state index contributed by atoms with van der Waals surface area (Å²) in [6.07, 6.45) is 3.56. The van der Waals surface area contributed by atoms with Crippen LogP contribution in [0.5, 0.6) is 0 Å². The Morgan fingerprint density at radius 1 is 1.29 bits per heavy atom. The van der Waals surface area contributed by atoms with Crippen LogP contribution in [0.2, 0.25) is 0 Å². The Kier molecular flexibility index (Phi) is 8.27. The van der Waals surface area contributed by atoms with E-state index in [1.807, 2.05) is 11.6 Å². The molecule has 8 heteroatoms. The second-order valence-corrected chi connectivity index (χ2v) is 8.89. The van der Waals surface area contributed by atoms with Crippen LogP contribution in [0.25, 0.3) is 0 Å². The lowest BCUT2D eigenvalue weighted by Crippen LogP contribution is -3.07. The van der Waals surface area contributed by atoms with E-state index < -0.39 is 0 Å². The Bertz CT molecular complexity index is 785. The van der Waals surface area contributed by atoms with E-state index in [1.54, 1.807) is 11.3 Å². The largest absolute Gasteiger partial charge is 0.382 e. The van der Waals surface area contributed by atoms with Gasteiger partial charge in [-0.15, -0.1) is 5.10 Å². The number of nitrogens with one attached hydrogen (secondary N) is 2. The number of aromatic nitrogens is 2. The molecule has 2 heterocycles. The van der Waals surface area contributed by atoms with Gasteiger partial charge < -0.3 is 19.9 Å². The molecule has 0 saturated carbocycles. The predicted molar refractivity (Wildman–Crippen MR) is 119 cm³/mol. The van der Waals surface area contributed by atoms with E-state index in [0.29, 0.717) is 0 Å². The molecule has 0 radical (unpaired) electrons. The lowest BCUT2D eigenvalue weighted by Gasteiger charge is -2.23. The van der Waals surface area contributed by atoms with Crippen LogP contribution in [0.4, 0.5) is 10.8 Å². The third-order valence-electron chi connectivity index (χ3n) is 4.90. The van der Waals surface area contributed by atoms with Crippen molar-refractivity contribution in [1.82, 2.24) is 9.78 Å². The highest BCUT2D eigenvalue weighted by molar-refractivity contribution is 7.73. The van der Waals surface area contributed by atoms with Crippen molar-refractivity contribution in [2.24, 2.45) is 0 Å². The van der Waals surface area contributed by atoms with E-state index in [1.165, 1.54) is 42.1 Å². The molecule has 0 bridgehead atoms. The maximum atomic E-state index is 5.52. The van der Waals surface area contributed by atoms with Gasteiger partial charge in [0.25, 0.3) is 0 Å². The van der Waals surface area contributed by atoms with Crippen molar-refractivity contribution in [3.8, 4) is 0 Å². The quantitative estimate of drug-likeness (QED) is 0.431. The van der Waals surface area contributed by atoms with Crippen LogP contribution < -0.4 is 15.1 Å². The van der Waals surface area contributed by atoms with Crippen molar-refractivity contribution < 1.29 is 9.64 Å². The minimum Gasteiger partial charge on any atom is -0.382 e. The van der Waals surface area contributed by atoms with Crippen LogP contribution in [-0.2, 0) is 18.0 Å². The van der Waals surface area contributed by atoms with Gasteiger partial charge in [0.1, 0.15) is 6.54 Å². The van der Waals surface area contributed by atoms with Gasteiger partial charge in [-0.3, -0.25) is 0 Å². The number of para-hydroxylation sites is 1. The molecule has 2 aromatic rings. The minimum absolute atomic E-state index is 0.767. The van der Waals surface area contributed by atoms with E-state index in [0.717, 1.165) is 48.5 Å². The molecule has 3 rings (SSSR count). The Morgan fingerprint density at radius 3 is 2.86 bits per heavy atom. The van der Waals surface area contributed by atoms with Gasteiger partial charge in [-0.05, 0) is 44.5 Å². The van der Waals surface area contributed by atoms with Crippen LogP contribution in [0.1, 0.15) is 31.7 Å². The molecule has 1 aromatic heterocycles. The summed E-state index contributed by atoms with van der Waals surface area (Å²) in [5.41, 5.74) is 2.79. The van der Waals surface area contributed by atoms with E-state index in [9.17, 15) is 0 Å². The van der Waals surface area contributed by atoms with Crippen molar-refractivity contribution in [2.75, 3.05) is 50.1 Å². The number of ether oxygens (including phenoxy) is 1. The summed E-state index contributed by atoms with van der Waals surface area (Å²) in [4.78, 5) is 3.89. The van der Waals surface area contributed by atoms with E-state index in [4.69, 9.17) is 17.0 Å². The van der Waals surface area contributed by atoms with Gasteiger partial charge >= 0.3 is 0 Å². The Morgan fingerprint density at radius 2 is 2.07 bits per heavy atom. The average molecular weight is 423 g/mol. The number of nitrogens with zero attached hydrogens (tertiary/aromatic N) is 3. The summed E-state index contributed by atoms with van der Waals surface area (Å²) in [5.74, 6) is 0. The van der Waals surface area contributed by atoms with E-state index >= 15 is 0 Å². The topological polar surface area (TPSA) is 46.8 Å². The molecule has 1 aliphatic rings. The summed E-state index contributed by atoms with van der Waals surface area (Å²) in [5, 5.41) is 8.91. The van der Waals surface area contributed by atoms with Gasteiger partial charge in [-0.2, -0.15) is 4.68 Å². The highest BCUT2D eigenvalue weighted by Gasteiger charge is 2.17. The van der Waals surface area contributed by atoms with Crippen molar-refractivity contribution in [2.45, 2.75) is 39.4 Å². The molecule has 1 fully saturated rings. The number of quaternary nitrogens is 1. The molecule has 28 heavy (non-hydrogen) atoms. The second-order valence-electron chi connectivity index (χ2n) is 7.26. The lowest BCUT2D eigenvalue weighted by molar-refractivity contribution is -0.917. The molecule has 1 aromatic carbocycles. The number of hydrogen-bond acceptors (Lipinski definition) is 6. The molecule has 1 unspecified atom stereocenters. The highest BCUT2D eigenvalue weighted by atomic mass is 32.1. The van der Waals surface area contributed by atoms with E-state index in [2.05, 4.69) is 46.6 Å². The highest BCUT2D eigenvalue weighted by Crippen LogP contribution is 2.23. The number of anilines is 2. The molecule has 2 N–H and O–H groups in total. The molecule has 0 amide bonds. The Hall–Kier alpha value is -1.48. The van der Waals surface area contributed by atoms with Crippen LogP contribution in [0, 0.1) is 3.95 Å². The van der Waals surface area contributed by atoms with Crippen molar-refractivity contribution in [3.05, 3.63) is 33.8 Å². The summed E-state index contributed by atoms with van der Waals surface area (Å²) in [7, 11) is 2.21. The normalized spacial score (nSPS) is 15.1. The lowest BCUT2D eigenvalue weighted by atomic mass is 10.1. The average Bonchev–Trinajstić information content (AvgIpc) is 3.32. The molecule has 154 valence electrons. The van der Waals surface area contributed by atoms with Crippen molar-refractivity contribution in [3.63, 3.8) is 0 Å². The van der Waals surface area contributed by atoms with Crippen LogP contribution in [0.3, 0.4) is 0 Å². The van der Waals surface area contributed by atoms with Crippen LogP contribution in [0.15, 0.2) is 24.3 Å². The molecule has 0 aliphatic carbocycles. The summed E-state index contributed by atoms with van der Waals surface area (Å²) in [6, 6.07) is 8.79. The van der Waals surface area contributed by atoms with Gasteiger partial charge in [0.2, 0.25) is 5.13 Å². The second kappa shape index (κ2) is 10.9. The number of hydrogen-bond donors (Lipinski definition) is 2. The molecular formula is C20H32N5OS2+. The molecular weight excluding hydrogens is 390 g/mol. The Balaban J connectivity index is 1.55. The summed E-state index contributed by atoms with van der Waals surface area (Å²) < 4.78 is 8.13. The first-order valence-corrected chi connectivity index (χ1v) is 11.4. The molecule has 0 spiro atoms. The van der Waals surface area contributed by atoms with Crippen molar-refractivity contribution in [1.29, 1.82) is 0 Å². The third kappa shape index (κ3) is 6.01. The third-order valence-corrected chi connectivity index (χ3v) is 6.17. The van der Waals surface area contributed by atoms with Crippen LogP contribution >= 0.6 is 23.6 Å². The smallest absolute Gasteiger partial charge is 0.204 e. The zero-order valence-corrected chi connectivity index (χ0v) is 18.6. The van der Waals surface area contributed by atoms with Gasteiger partial charge in [0, 0.05) is 44.1 Å². The zero-order valence-electron chi connectivity index (χ0n) is 16.9. The van der Waals surface area contributed by atoms with E-state index in [-0.39, 0.29) is 0 Å². The molecule has 1 saturated heterocycles. The standard InChI is InChI=1S/C20H31N5OS2/c1-3-26-14-8-11-21-19-22-25(20(27)28-19)16-23(2)15-17-9-4-5-10-18(17)24-12-6-7-13-24/h4-5,9-10H,3,6-8,11-16H2,1-2H3,(H,21,22)/p+1. The maximum absolute atomic E-state index is 5.52. The Labute approximate surface area is 177 Å². The monoisotopic (exact) mass is 422 g/mol. The number of benzene rings is 1. The van der Waals surface area contributed by atoms with Gasteiger partial charge in [0.15, 0.2) is 10.6 Å². The predicted octanol–water partition coefficient (Wildman–Crippen LogP) is 2.79. The van der Waals surface area contributed by atoms with Gasteiger partial charge in [-0.25, -0.2) is 0 Å². The first-order valence-electron chi connectivity index (χ1n) is 10.2. The fourth-order valence-corrected chi connectivity index (χ4v) is 4.59. The van der Waals surface area contributed by atoms with Gasteiger partial charge in [0.05, 0.1) is 7.05 Å². The first-order chi connectivity index (χ1) is 13.7. The summed E-state index contributed by atoms with van der Waals surface area (Å²) in [6.45, 7) is 8.49. The fraction of sp³-hybridized carbons (Fsp3) is 0.600. The maximum Gasteiger partial charge on any atom is 0.204 e. The minimum atomic E-state index is 0.767. The molecule has 6 nitrogen and oxygen atoms in total. The van der Waals surface area contributed by atoms with Crippen LogP contribution in [-0.4, -0.2) is 49.7 Å². The fourth-order valence-electron chi connectivity index (χ4n) is 3.56. The SMILES string of the molecule is CCOCCCNc1nn(C[NH+](C)Cc2ccccc2N2CCCC2)c(=S)s1. The molecule has 1 atom stereocenters. The summed E-state index contributed by atoms with van der Waals surface area (Å²) >= 11 is 7.07.